The van der Waals surface area contributed by atoms with Crippen molar-refractivity contribution in [1.82, 2.24) is 5.32 Å². The van der Waals surface area contributed by atoms with Gasteiger partial charge in [0.25, 0.3) is 0 Å². The van der Waals surface area contributed by atoms with Crippen LogP contribution in [0.5, 0.6) is 0 Å². The van der Waals surface area contributed by atoms with E-state index in [1.54, 1.807) is 0 Å². The molecule has 0 amide bonds. The molecular weight excluding hydrogens is 186 g/mol. The molecule has 0 aromatic carbocycles. The number of rotatable bonds is 5. The lowest BCUT2D eigenvalue weighted by molar-refractivity contribution is -0.0157. The van der Waals surface area contributed by atoms with Gasteiger partial charge in [-0.25, -0.2) is 0 Å². The van der Waals surface area contributed by atoms with Crippen molar-refractivity contribution < 1.29 is 5.11 Å². The Balaban J connectivity index is 2.30. The Hall–Kier alpha value is -0.0800. The van der Waals surface area contributed by atoms with Gasteiger partial charge in [0.05, 0.1) is 5.60 Å². The van der Waals surface area contributed by atoms with Crippen molar-refractivity contribution in [2.45, 2.75) is 58.5 Å². The highest BCUT2D eigenvalue weighted by molar-refractivity contribution is 4.87. The third-order valence-corrected chi connectivity index (χ3v) is 3.51. The molecule has 0 saturated heterocycles. The zero-order valence-corrected chi connectivity index (χ0v) is 10.6. The lowest BCUT2D eigenvalue weighted by Crippen LogP contribution is -2.45. The summed E-state index contributed by atoms with van der Waals surface area (Å²) in [6.45, 7) is 8.43. The molecule has 2 N–H and O–H groups in total. The molecule has 0 bridgehead atoms. The lowest BCUT2D eigenvalue weighted by Gasteiger charge is -2.37. The molecule has 1 aliphatic rings. The van der Waals surface area contributed by atoms with Crippen LogP contribution in [0.4, 0.5) is 0 Å². The van der Waals surface area contributed by atoms with Crippen molar-refractivity contribution in [3.63, 3.8) is 0 Å². The first kappa shape index (κ1) is 13.0. The minimum Gasteiger partial charge on any atom is -0.389 e. The Bertz CT molecular complexity index is 181. The van der Waals surface area contributed by atoms with Crippen molar-refractivity contribution in [1.29, 1.82) is 0 Å². The molecule has 1 saturated carbocycles. The van der Waals surface area contributed by atoms with E-state index in [0.717, 1.165) is 31.8 Å². The summed E-state index contributed by atoms with van der Waals surface area (Å²) in [6, 6.07) is 0. The summed E-state index contributed by atoms with van der Waals surface area (Å²) >= 11 is 0. The molecule has 0 heterocycles. The maximum atomic E-state index is 10.4. The zero-order valence-electron chi connectivity index (χ0n) is 10.6. The van der Waals surface area contributed by atoms with E-state index in [1.165, 1.54) is 19.3 Å². The molecule has 0 aromatic heterocycles. The second-order valence-electron chi connectivity index (χ2n) is 5.62. The van der Waals surface area contributed by atoms with Crippen molar-refractivity contribution >= 4 is 0 Å². The topological polar surface area (TPSA) is 32.3 Å². The first-order valence-corrected chi connectivity index (χ1v) is 6.49. The van der Waals surface area contributed by atoms with Crippen LogP contribution < -0.4 is 5.32 Å². The summed E-state index contributed by atoms with van der Waals surface area (Å²) in [5.74, 6) is 1.41. The van der Waals surface area contributed by atoms with Gasteiger partial charge in [-0.3, -0.25) is 0 Å². The van der Waals surface area contributed by atoms with Gasteiger partial charge in [0, 0.05) is 6.54 Å². The van der Waals surface area contributed by atoms with Gasteiger partial charge < -0.3 is 10.4 Å². The summed E-state index contributed by atoms with van der Waals surface area (Å²) in [5, 5.41) is 13.8. The smallest absolute Gasteiger partial charge is 0.0774 e. The first-order chi connectivity index (χ1) is 7.06. The van der Waals surface area contributed by atoms with Crippen LogP contribution in [0.1, 0.15) is 52.9 Å². The fourth-order valence-electron chi connectivity index (χ4n) is 2.56. The highest BCUT2D eigenvalue weighted by Gasteiger charge is 2.32. The van der Waals surface area contributed by atoms with Gasteiger partial charge in [-0.05, 0) is 31.2 Å². The SMILES string of the molecule is CCC1CCCC(O)(CNCC(C)C)C1. The predicted octanol–water partition coefficient (Wildman–Crippen LogP) is 2.56. The molecule has 1 aliphatic carbocycles. The van der Waals surface area contributed by atoms with Crippen LogP contribution in [0.15, 0.2) is 0 Å². The predicted molar refractivity (Wildman–Crippen MR) is 64.9 cm³/mol. The van der Waals surface area contributed by atoms with E-state index < -0.39 is 5.60 Å². The Morgan fingerprint density at radius 2 is 2.20 bits per heavy atom. The van der Waals surface area contributed by atoms with Crippen LogP contribution in [-0.2, 0) is 0 Å². The Morgan fingerprint density at radius 3 is 2.80 bits per heavy atom. The van der Waals surface area contributed by atoms with Crippen molar-refractivity contribution in [3.05, 3.63) is 0 Å². The zero-order chi connectivity index (χ0) is 11.3. The van der Waals surface area contributed by atoms with E-state index >= 15 is 0 Å². The standard InChI is InChI=1S/C13H27NO/c1-4-12-6-5-7-13(15,8-12)10-14-9-11(2)3/h11-12,14-15H,4-10H2,1-3H3. The van der Waals surface area contributed by atoms with E-state index in [1.807, 2.05) is 0 Å². The molecule has 2 atom stereocenters. The van der Waals surface area contributed by atoms with E-state index in [4.69, 9.17) is 0 Å². The molecule has 2 nitrogen and oxygen atoms in total. The molecule has 90 valence electrons. The van der Waals surface area contributed by atoms with Crippen LogP contribution >= 0.6 is 0 Å². The first-order valence-electron chi connectivity index (χ1n) is 6.49. The summed E-state index contributed by atoms with van der Waals surface area (Å²) in [6.07, 6.45) is 5.69. The highest BCUT2D eigenvalue weighted by Crippen LogP contribution is 2.33. The average Bonchev–Trinajstić information content (AvgIpc) is 2.16. The van der Waals surface area contributed by atoms with Gasteiger partial charge in [-0.1, -0.05) is 40.0 Å². The van der Waals surface area contributed by atoms with Crippen LogP contribution in [-0.4, -0.2) is 23.8 Å². The fourth-order valence-corrected chi connectivity index (χ4v) is 2.56. The number of aliphatic hydroxyl groups is 1. The maximum absolute atomic E-state index is 10.4. The summed E-state index contributed by atoms with van der Waals surface area (Å²) in [7, 11) is 0. The minimum atomic E-state index is -0.423. The summed E-state index contributed by atoms with van der Waals surface area (Å²) in [4.78, 5) is 0. The molecule has 0 spiro atoms. The van der Waals surface area contributed by atoms with E-state index in [0.29, 0.717) is 5.92 Å². The molecule has 1 rings (SSSR count). The Morgan fingerprint density at radius 1 is 1.47 bits per heavy atom. The van der Waals surface area contributed by atoms with Gasteiger partial charge in [0.15, 0.2) is 0 Å². The Kier molecular flexibility index (Phi) is 5.07. The fraction of sp³-hybridized carbons (Fsp3) is 1.00. The molecule has 1 fully saturated rings. The second-order valence-corrected chi connectivity index (χ2v) is 5.62. The third kappa shape index (κ3) is 4.52. The molecular formula is C13H27NO. The lowest BCUT2D eigenvalue weighted by atomic mass is 9.77. The Labute approximate surface area is 94.5 Å². The van der Waals surface area contributed by atoms with Gasteiger partial charge >= 0.3 is 0 Å². The molecule has 0 aliphatic heterocycles. The normalized spacial score (nSPS) is 32.2. The summed E-state index contributed by atoms with van der Waals surface area (Å²) in [5.41, 5.74) is -0.423. The van der Waals surface area contributed by atoms with Gasteiger partial charge in [-0.15, -0.1) is 0 Å². The highest BCUT2D eigenvalue weighted by atomic mass is 16.3. The van der Waals surface area contributed by atoms with E-state index in [2.05, 4.69) is 26.1 Å². The molecule has 2 unspecified atom stereocenters. The minimum absolute atomic E-state index is 0.423. The second kappa shape index (κ2) is 5.86. The molecule has 15 heavy (non-hydrogen) atoms. The van der Waals surface area contributed by atoms with E-state index in [-0.39, 0.29) is 0 Å². The van der Waals surface area contributed by atoms with Gasteiger partial charge in [0.1, 0.15) is 0 Å². The molecule has 0 radical (unpaired) electrons. The van der Waals surface area contributed by atoms with Crippen LogP contribution in [0.3, 0.4) is 0 Å². The monoisotopic (exact) mass is 213 g/mol. The van der Waals surface area contributed by atoms with E-state index in [9.17, 15) is 5.11 Å². The van der Waals surface area contributed by atoms with Gasteiger partial charge in [0.2, 0.25) is 0 Å². The molecule has 0 aromatic rings. The third-order valence-electron chi connectivity index (χ3n) is 3.51. The van der Waals surface area contributed by atoms with Crippen molar-refractivity contribution in [2.75, 3.05) is 13.1 Å². The molecule has 2 heteroatoms. The number of nitrogens with one attached hydrogen (secondary N) is 1. The quantitative estimate of drug-likeness (QED) is 0.735. The number of hydrogen-bond acceptors (Lipinski definition) is 2. The largest absolute Gasteiger partial charge is 0.389 e. The van der Waals surface area contributed by atoms with Crippen molar-refractivity contribution in [2.24, 2.45) is 11.8 Å². The maximum Gasteiger partial charge on any atom is 0.0774 e. The van der Waals surface area contributed by atoms with Crippen LogP contribution in [0, 0.1) is 11.8 Å². The van der Waals surface area contributed by atoms with Gasteiger partial charge in [-0.2, -0.15) is 0 Å². The summed E-state index contributed by atoms with van der Waals surface area (Å²) < 4.78 is 0. The van der Waals surface area contributed by atoms with Crippen molar-refractivity contribution in [3.8, 4) is 0 Å². The van der Waals surface area contributed by atoms with Crippen LogP contribution in [0.2, 0.25) is 0 Å². The number of hydrogen-bond donors (Lipinski definition) is 2. The van der Waals surface area contributed by atoms with Crippen LogP contribution in [0.25, 0.3) is 0 Å². The average molecular weight is 213 g/mol.